The summed E-state index contributed by atoms with van der Waals surface area (Å²) in [5, 5.41) is 0. The summed E-state index contributed by atoms with van der Waals surface area (Å²) in [6.07, 6.45) is 1.73. The van der Waals surface area contributed by atoms with E-state index in [1.807, 2.05) is 6.92 Å². The highest BCUT2D eigenvalue weighted by molar-refractivity contribution is 9.10. The molecule has 19 heavy (non-hydrogen) atoms. The van der Waals surface area contributed by atoms with Crippen LogP contribution in [0, 0.1) is 11.7 Å². The van der Waals surface area contributed by atoms with Crippen LogP contribution < -0.4 is 10.5 Å². The van der Waals surface area contributed by atoms with Gasteiger partial charge in [0.05, 0.1) is 0 Å². The second-order valence-electron chi connectivity index (χ2n) is 4.71. The molecule has 1 aliphatic carbocycles. The first-order chi connectivity index (χ1) is 8.89. The largest absolute Gasteiger partial charge is 0.326 e. The van der Waals surface area contributed by atoms with Crippen LogP contribution in [0.15, 0.2) is 21.5 Å². The molecule has 0 bridgehead atoms. The Morgan fingerprint density at radius 2 is 2.21 bits per heavy atom. The first-order valence-corrected chi connectivity index (χ1v) is 8.37. The number of hydrogen-bond donors (Lipinski definition) is 2. The number of hydrogen-bond acceptors (Lipinski definition) is 3. The zero-order valence-corrected chi connectivity index (χ0v) is 12.9. The molecule has 7 heteroatoms. The third-order valence-corrected chi connectivity index (χ3v) is 5.29. The van der Waals surface area contributed by atoms with Crippen molar-refractivity contribution in [1.82, 2.24) is 4.72 Å². The van der Waals surface area contributed by atoms with Crippen LogP contribution >= 0.6 is 15.9 Å². The molecular weight excluding hydrogens is 335 g/mol. The van der Waals surface area contributed by atoms with Crippen molar-refractivity contribution in [3.8, 4) is 0 Å². The Kier molecular flexibility index (Phi) is 4.29. The van der Waals surface area contributed by atoms with E-state index < -0.39 is 15.8 Å². The highest BCUT2D eigenvalue weighted by atomic mass is 79.9. The summed E-state index contributed by atoms with van der Waals surface area (Å²) in [6, 6.07) is 2.68. The predicted octanol–water partition coefficient (Wildman–Crippen LogP) is 2.12. The molecule has 2 atom stereocenters. The zero-order valence-electron chi connectivity index (χ0n) is 10.5. The molecule has 0 heterocycles. The van der Waals surface area contributed by atoms with Crippen LogP contribution in [0.2, 0.25) is 0 Å². The van der Waals surface area contributed by atoms with Crippen molar-refractivity contribution < 1.29 is 12.8 Å². The summed E-state index contributed by atoms with van der Waals surface area (Å²) in [5.74, 6) is -0.411. The fraction of sp³-hybridized carbons (Fsp3) is 0.500. The molecule has 4 nitrogen and oxygen atoms in total. The SMILES string of the molecule is CCC1CC1NS(=O)(=O)c1cc(Br)cc(CN)c1F. The van der Waals surface area contributed by atoms with Crippen molar-refractivity contribution in [2.24, 2.45) is 11.7 Å². The van der Waals surface area contributed by atoms with E-state index in [2.05, 4.69) is 20.7 Å². The number of sulfonamides is 1. The quantitative estimate of drug-likeness (QED) is 0.854. The fourth-order valence-electron chi connectivity index (χ4n) is 2.07. The highest BCUT2D eigenvalue weighted by Crippen LogP contribution is 2.35. The molecule has 0 aliphatic heterocycles. The Morgan fingerprint density at radius 1 is 1.53 bits per heavy atom. The lowest BCUT2D eigenvalue weighted by Crippen LogP contribution is -2.28. The molecule has 0 saturated heterocycles. The van der Waals surface area contributed by atoms with E-state index >= 15 is 0 Å². The van der Waals surface area contributed by atoms with Gasteiger partial charge in [-0.25, -0.2) is 17.5 Å². The third-order valence-electron chi connectivity index (χ3n) is 3.34. The van der Waals surface area contributed by atoms with Gasteiger partial charge >= 0.3 is 0 Å². The summed E-state index contributed by atoms with van der Waals surface area (Å²) in [5.41, 5.74) is 5.59. The molecule has 0 amide bonds. The van der Waals surface area contributed by atoms with Crippen molar-refractivity contribution in [1.29, 1.82) is 0 Å². The molecule has 0 radical (unpaired) electrons. The Hall–Kier alpha value is -0.500. The lowest BCUT2D eigenvalue weighted by Gasteiger charge is -2.10. The third kappa shape index (κ3) is 3.16. The van der Waals surface area contributed by atoms with Crippen molar-refractivity contribution in [3.05, 3.63) is 28.0 Å². The number of nitrogens with one attached hydrogen (secondary N) is 1. The van der Waals surface area contributed by atoms with E-state index in [1.165, 1.54) is 12.1 Å². The first-order valence-electron chi connectivity index (χ1n) is 6.09. The first kappa shape index (κ1) is 14.9. The van der Waals surface area contributed by atoms with Crippen LogP contribution in [0.5, 0.6) is 0 Å². The number of rotatable bonds is 5. The number of nitrogens with two attached hydrogens (primary N) is 1. The molecule has 1 aromatic rings. The Bertz CT molecular complexity index is 592. The van der Waals surface area contributed by atoms with E-state index in [0.717, 1.165) is 12.8 Å². The molecule has 1 saturated carbocycles. The van der Waals surface area contributed by atoms with Gasteiger partial charge in [-0.15, -0.1) is 0 Å². The van der Waals surface area contributed by atoms with Gasteiger partial charge in [0.25, 0.3) is 0 Å². The molecule has 1 fully saturated rings. The number of benzene rings is 1. The van der Waals surface area contributed by atoms with Gasteiger partial charge in [-0.3, -0.25) is 0 Å². The van der Waals surface area contributed by atoms with Crippen molar-refractivity contribution in [3.63, 3.8) is 0 Å². The van der Waals surface area contributed by atoms with Crippen molar-refractivity contribution in [2.45, 2.75) is 37.2 Å². The fourth-order valence-corrected chi connectivity index (χ4v) is 4.19. The topological polar surface area (TPSA) is 72.2 Å². The number of halogens is 2. The Morgan fingerprint density at radius 3 is 2.74 bits per heavy atom. The summed E-state index contributed by atoms with van der Waals surface area (Å²) in [6.45, 7) is 1.96. The average Bonchev–Trinajstić information content (AvgIpc) is 3.09. The van der Waals surface area contributed by atoms with Crippen LogP contribution in [0.3, 0.4) is 0 Å². The predicted molar refractivity (Wildman–Crippen MR) is 74.5 cm³/mol. The van der Waals surface area contributed by atoms with Gasteiger partial charge in [-0.2, -0.15) is 0 Å². The summed E-state index contributed by atoms with van der Waals surface area (Å²) in [4.78, 5) is -0.343. The van der Waals surface area contributed by atoms with Crippen molar-refractivity contribution in [2.75, 3.05) is 0 Å². The van der Waals surface area contributed by atoms with E-state index in [9.17, 15) is 12.8 Å². The van der Waals surface area contributed by atoms with Crippen LogP contribution in [-0.4, -0.2) is 14.5 Å². The Labute approximate surface area is 120 Å². The smallest absolute Gasteiger partial charge is 0.243 e. The molecule has 0 spiro atoms. The van der Waals surface area contributed by atoms with Gasteiger partial charge in [0.1, 0.15) is 10.7 Å². The molecule has 2 unspecified atom stereocenters. The molecule has 1 aliphatic rings. The maximum atomic E-state index is 14.1. The summed E-state index contributed by atoms with van der Waals surface area (Å²) in [7, 11) is -3.84. The van der Waals surface area contributed by atoms with Gasteiger partial charge in [0.2, 0.25) is 10.0 Å². The lowest BCUT2D eigenvalue weighted by atomic mass is 10.2. The normalized spacial score (nSPS) is 22.5. The van der Waals surface area contributed by atoms with Crippen LogP contribution in [0.4, 0.5) is 4.39 Å². The summed E-state index contributed by atoms with van der Waals surface area (Å²) < 4.78 is 41.5. The molecule has 0 aromatic heterocycles. The van der Waals surface area contributed by atoms with E-state index in [4.69, 9.17) is 5.73 Å². The van der Waals surface area contributed by atoms with E-state index in [1.54, 1.807) is 0 Å². The zero-order chi connectivity index (χ0) is 14.2. The van der Waals surface area contributed by atoms with Gasteiger partial charge < -0.3 is 5.73 Å². The van der Waals surface area contributed by atoms with Gasteiger partial charge in [-0.1, -0.05) is 29.3 Å². The highest BCUT2D eigenvalue weighted by Gasteiger charge is 2.39. The van der Waals surface area contributed by atoms with Crippen molar-refractivity contribution >= 4 is 26.0 Å². The minimum absolute atomic E-state index is 0.0468. The van der Waals surface area contributed by atoms with Gasteiger partial charge in [0, 0.05) is 22.6 Å². The van der Waals surface area contributed by atoms with Crippen LogP contribution in [0.25, 0.3) is 0 Å². The maximum Gasteiger partial charge on any atom is 0.243 e. The monoisotopic (exact) mass is 350 g/mol. The summed E-state index contributed by atoms with van der Waals surface area (Å²) >= 11 is 3.17. The minimum atomic E-state index is -3.84. The Balaban J connectivity index is 2.32. The minimum Gasteiger partial charge on any atom is -0.326 e. The van der Waals surface area contributed by atoms with Gasteiger partial charge in [-0.05, 0) is 24.5 Å². The second-order valence-corrected chi connectivity index (χ2v) is 7.31. The van der Waals surface area contributed by atoms with Crippen LogP contribution in [0.1, 0.15) is 25.3 Å². The molecular formula is C12H16BrFN2O2S. The van der Waals surface area contributed by atoms with Gasteiger partial charge in [0.15, 0.2) is 0 Å². The maximum absolute atomic E-state index is 14.1. The molecule has 2 rings (SSSR count). The molecule has 1 aromatic carbocycles. The molecule has 106 valence electrons. The van der Waals surface area contributed by atoms with E-state index in [-0.39, 0.29) is 23.0 Å². The standard InChI is InChI=1S/C12H16BrFN2O2S/c1-2-7-4-10(7)16-19(17,18)11-5-9(13)3-8(6-15)12(11)14/h3,5,7,10,16H,2,4,6,15H2,1H3. The van der Waals surface area contributed by atoms with Crippen LogP contribution in [-0.2, 0) is 16.6 Å². The lowest BCUT2D eigenvalue weighted by molar-refractivity contribution is 0.546. The second kappa shape index (κ2) is 5.47. The average molecular weight is 351 g/mol. The molecule has 3 N–H and O–H groups in total. The van der Waals surface area contributed by atoms with E-state index in [0.29, 0.717) is 10.4 Å².